The van der Waals surface area contributed by atoms with E-state index in [1.807, 2.05) is 31.2 Å². The van der Waals surface area contributed by atoms with Crippen LogP contribution in [0.4, 0.5) is 5.69 Å². The second-order valence-electron chi connectivity index (χ2n) is 4.39. The number of nitrogens with zero attached hydrogens (tertiary/aromatic N) is 2. The summed E-state index contributed by atoms with van der Waals surface area (Å²) < 4.78 is 1.67. The zero-order chi connectivity index (χ0) is 13.8. The van der Waals surface area contributed by atoms with Gasteiger partial charge in [-0.2, -0.15) is 0 Å². The second-order valence-corrected chi connectivity index (χ2v) is 5.70. The molecular formula is C13H18N4OS. The first-order valence-electron chi connectivity index (χ1n) is 6.29. The quantitative estimate of drug-likeness (QED) is 0.650. The Hall–Kier alpha value is -1.69. The largest absolute Gasteiger partial charge is 0.399 e. The van der Waals surface area contributed by atoms with Gasteiger partial charge in [-0.3, -0.25) is 4.57 Å². The third-order valence-corrected chi connectivity index (χ3v) is 3.98. The van der Waals surface area contributed by atoms with Crippen LogP contribution in [0.15, 0.2) is 34.2 Å². The van der Waals surface area contributed by atoms with Gasteiger partial charge in [0.25, 0.3) is 0 Å². The van der Waals surface area contributed by atoms with Crippen LogP contribution >= 0.6 is 11.8 Å². The molecule has 1 unspecified atom stereocenters. The highest BCUT2D eigenvalue weighted by atomic mass is 32.2. The first-order chi connectivity index (χ1) is 9.11. The lowest BCUT2D eigenvalue weighted by molar-refractivity contribution is 0.603. The van der Waals surface area contributed by atoms with E-state index in [1.165, 1.54) is 0 Å². The number of aromatic nitrogens is 3. The number of anilines is 1. The summed E-state index contributed by atoms with van der Waals surface area (Å²) in [7, 11) is 0. The molecule has 0 saturated heterocycles. The molecule has 19 heavy (non-hydrogen) atoms. The van der Waals surface area contributed by atoms with Crippen LogP contribution in [0.25, 0.3) is 0 Å². The van der Waals surface area contributed by atoms with Gasteiger partial charge in [-0.05, 0) is 31.0 Å². The maximum Gasteiger partial charge on any atom is 0.343 e. The number of nitrogen functional groups attached to an aromatic ring is 1. The summed E-state index contributed by atoms with van der Waals surface area (Å²) in [6.07, 6.45) is 0.902. The standard InChI is InChI=1S/C13H18N4OS/c1-3-7-17-12(18)15-16-13(17)19-9(2)10-5-4-6-11(14)8-10/h4-6,8-9H,3,7,14H2,1-2H3,(H,15,18). The van der Waals surface area contributed by atoms with Crippen molar-refractivity contribution in [1.82, 2.24) is 14.8 Å². The van der Waals surface area contributed by atoms with Crippen LogP contribution in [0.3, 0.4) is 0 Å². The Morgan fingerprint density at radius 1 is 1.53 bits per heavy atom. The molecule has 5 nitrogen and oxygen atoms in total. The van der Waals surface area contributed by atoms with Crippen LogP contribution in [0.1, 0.15) is 31.1 Å². The number of thioether (sulfide) groups is 1. The van der Waals surface area contributed by atoms with Gasteiger partial charge in [0.15, 0.2) is 5.16 Å². The third-order valence-electron chi connectivity index (χ3n) is 2.83. The van der Waals surface area contributed by atoms with E-state index in [4.69, 9.17) is 5.73 Å². The van der Waals surface area contributed by atoms with Gasteiger partial charge >= 0.3 is 5.69 Å². The smallest absolute Gasteiger partial charge is 0.343 e. The van der Waals surface area contributed by atoms with Crippen LogP contribution in [0, 0.1) is 0 Å². The van der Waals surface area contributed by atoms with Crippen molar-refractivity contribution >= 4 is 17.4 Å². The monoisotopic (exact) mass is 278 g/mol. The molecule has 6 heteroatoms. The number of rotatable bonds is 5. The molecule has 1 aromatic heterocycles. The Kier molecular flexibility index (Phi) is 4.31. The molecule has 102 valence electrons. The summed E-state index contributed by atoms with van der Waals surface area (Å²) >= 11 is 1.56. The molecule has 0 spiro atoms. The number of nitrogens with two attached hydrogens (primary N) is 1. The zero-order valence-electron chi connectivity index (χ0n) is 11.1. The fourth-order valence-electron chi connectivity index (χ4n) is 1.85. The van der Waals surface area contributed by atoms with E-state index < -0.39 is 0 Å². The van der Waals surface area contributed by atoms with Crippen molar-refractivity contribution in [2.24, 2.45) is 0 Å². The maximum atomic E-state index is 11.6. The van der Waals surface area contributed by atoms with Gasteiger partial charge in [0.2, 0.25) is 0 Å². The predicted octanol–water partition coefficient (Wildman–Crippen LogP) is 2.42. The summed E-state index contributed by atoms with van der Waals surface area (Å²) in [5.74, 6) is 0. The lowest BCUT2D eigenvalue weighted by Crippen LogP contribution is -2.17. The Morgan fingerprint density at radius 3 is 3.00 bits per heavy atom. The zero-order valence-corrected chi connectivity index (χ0v) is 11.9. The van der Waals surface area contributed by atoms with Crippen molar-refractivity contribution in [1.29, 1.82) is 0 Å². The molecule has 0 fully saturated rings. The van der Waals surface area contributed by atoms with E-state index in [0.29, 0.717) is 6.54 Å². The lowest BCUT2D eigenvalue weighted by Gasteiger charge is -2.12. The van der Waals surface area contributed by atoms with E-state index in [9.17, 15) is 4.79 Å². The molecule has 0 amide bonds. The fraction of sp³-hybridized carbons (Fsp3) is 0.385. The van der Waals surface area contributed by atoms with Gasteiger partial charge in [0.1, 0.15) is 0 Å². The van der Waals surface area contributed by atoms with E-state index in [2.05, 4.69) is 17.1 Å². The Labute approximate surface area is 116 Å². The predicted molar refractivity (Wildman–Crippen MR) is 78.3 cm³/mol. The van der Waals surface area contributed by atoms with Gasteiger partial charge in [0, 0.05) is 17.5 Å². The third kappa shape index (κ3) is 3.20. The van der Waals surface area contributed by atoms with Crippen molar-refractivity contribution in [3.05, 3.63) is 40.3 Å². The summed E-state index contributed by atoms with van der Waals surface area (Å²) in [6, 6.07) is 7.78. The number of hydrogen-bond acceptors (Lipinski definition) is 4. The first kappa shape index (κ1) is 13.7. The number of nitrogens with one attached hydrogen (secondary N) is 1. The molecule has 0 radical (unpaired) electrons. The van der Waals surface area contributed by atoms with E-state index in [1.54, 1.807) is 16.3 Å². The molecule has 0 aliphatic rings. The van der Waals surface area contributed by atoms with Gasteiger partial charge in [-0.15, -0.1) is 5.10 Å². The van der Waals surface area contributed by atoms with Crippen molar-refractivity contribution in [3.8, 4) is 0 Å². The SMILES string of the molecule is CCCn1c(SC(C)c2cccc(N)c2)n[nH]c1=O. The molecule has 1 aromatic carbocycles. The summed E-state index contributed by atoms with van der Waals surface area (Å²) in [5.41, 5.74) is 7.51. The Morgan fingerprint density at radius 2 is 2.32 bits per heavy atom. The first-order valence-corrected chi connectivity index (χ1v) is 7.17. The number of benzene rings is 1. The van der Waals surface area contributed by atoms with Crippen molar-refractivity contribution in [3.63, 3.8) is 0 Å². The van der Waals surface area contributed by atoms with Crippen LogP contribution < -0.4 is 11.4 Å². The number of aromatic amines is 1. The van der Waals surface area contributed by atoms with Crippen LogP contribution in [0.5, 0.6) is 0 Å². The van der Waals surface area contributed by atoms with Crippen molar-refractivity contribution in [2.75, 3.05) is 5.73 Å². The molecule has 3 N–H and O–H groups in total. The minimum Gasteiger partial charge on any atom is -0.399 e. The minimum atomic E-state index is -0.149. The topological polar surface area (TPSA) is 76.7 Å². The van der Waals surface area contributed by atoms with E-state index in [-0.39, 0.29) is 10.9 Å². The van der Waals surface area contributed by atoms with Crippen LogP contribution in [0.2, 0.25) is 0 Å². The lowest BCUT2D eigenvalue weighted by atomic mass is 10.1. The highest BCUT2D eigenvalue weighted by Gasteiger charge is 2.14. The molecule has 0 saturated carbocycles. The van der Waals surface area contributed by atoms with Crippen molar-refractivity contribution < 1.29 is 0 Å². The minimum absolute atomic E-state index is 0.149. The van der Waals surface area contributed by atoms with Gasteiger partial charge < -0.3 is 5.73 Å². The van der Waals surface area contributed by atoms with Crippen LogP contribution in [-0.2, 0) is 6.54 Å². The molecule has 2 aromatic rings. The number of hydrogen-bond donors (Lipinski definition) is 2. The molecule has 0 bridgehead atoms. The van der Waals surface area contributed by atoms with Crippen LogP contribution in [-0.4, -0.2) is 14.8 Å². The Bertz CT molecular complexity index is 605. The highest BCUT2D eigenvalue weighted by Crippen LogP contribution is 2.33. The average Bonchev–Trinajstić information content (AvgIpc) is 2.72. The molecule has 1 atom stereocenters. The molecule has 2 rings (SSSR count). The molecular weight excluding hydrogens is 260 g/mol. The van der Waals surface area contributed by atoms with Gasteiger partial charge in [0.05, 0.1) is 0 Å². The molecule has 0 aliphatic heterocycles. The highest BCUT2D eigenvalue weighted by molar-refractivity contribution is 7.99. The second kappa shape index (κ2) is 5.97. The summed E-state index contributed by atoms with van der Waals surface area (Å²) in [6.45, 7) is 4.80. The molecule has 0 aliphatic carbocycles. The summed E-state index contributed by atoms with van der Waals surface area (Å²) in [4.78, 5) is 11.6. The van der Waals surface area contributed by atoms with E-state index in [0.717, 1.165) is 22.8 Å². The summed E-state index contributed by atoms with van der Waals surface area (Å²) in [5, 5.41) is 7.49. The van der Waals surface area contributed by atoms with E-state index >= 15 is 0 Å². The fourth-order valence-corrected chi connectivity index (χ4v) is 2.85. The normalized spacial score (nSPS) is 12.5. The van der Waals surface area contributed by atoms with Gasteiger partial charge in [-0.25, -0.2) is 9.89 Å². The van der Waals surface area contributed by atoms with Crippen molar-refractivity contribution in [2.45, 2.75) is 37.2 Å². The molecule has 1 heterocycles. The Balaban J connectivity index is 2.19. The number of H-pyrrole nitrogens is 1. The average molecular weight is 278 g/mol. The maximum absolute atomic E-state index is 11.6. The van der Waals surface area contributed by atoms with Gasteiger partial charge in [-0.1, -0.05) is 30.8 Å².